The van der Waals surface area contributed by atoms with Crippen molar-refractivity contribution in [3.63, 3.8) is 0 Å². The Bertz CT molecular complexity index is 236. The maximum atomic E-state index is 11.8. The monoisotopic (exact) mass is 244 g/mol. The molecule has 1 heterocycles. The molecule has 1 unspecified atom stereocenters. The minimum Gasteiger partial charge on any atom is -0.378 e. The second-order valence-electron chi connectivity index (χ2n) is 4.40. The molecule has 0 radical (unpaired) electrons. The minimum absolute atomic E-state index is 0.0217. The zero-order valence-electron chi connectivity index (χ0n) is 10.9. The summed E-state index contributed by atoms with van der Waals surface area (Å²) >= 11 is 0. The second kappa shape index (κ2) is 6.93. The molecule has 1 saturated heterocycles. The molecule has 2 N–H and O–H groups in total. The van der Waals surface area contributed by atoms with Crippen molar-refractivity contribution in [2.45, 2.75) is 32.3 Å². The third kappa shape index (κ3) is 3.94. The lowest BCUT2D eigenvalue weighted by Crippen LogP contribution is -2.49. The second-order valence-corrected chi connectivity index (χ2v) is 4.40. The molecule has 100 valence electrons. The van der Waals surface area contributed by atoms with Crippen LogP contribution in [-0.2, 0) is 14.3 Å². The zero-order chi connectivity index (χ0) is 12.7. The van der Waals surface area contributed by atoms with Crippen LogP contribution < -0.4 is 5.73 Å². The van der Waals surface area contributed by atoms with Crippen molar-refractivity contribution in [1.82, 2.24) is 4.90 Å². The maximum Gasteiger partial charge on any atom is 0.248 e. The molecule has 5 heteroatoms. The van der Waals surface area contributed by atoms with Crippen molar-refractivity contribution < 1.29 is 14.3 Å². The molecule has 0 saturated carbocycles. The molecule has 1 fully saturated rings. The number of hydrogen-bond acceptors (Lipinski definition) is 4. The van der Waals surface area contributed by atoms with Gasteiger partial charge < -0.3 is 20.1 Å². The minimum atomic E-state index is -0.457. The molecule has 1 rings (SSSR count). The number of carbonyl (C=O) groups excluding carboxylic acids is 1. The van der Waals surface area contributed by atoms with Gasteiger partial charge in [-0.3, -0.25) is 4.79 Å². The summed E-state index contributed by atoms with van der Waals surface area (Å²) in [6.07, 6.45) is 1.81. The van der Waals surface area contributed by atoms with Gasteiger partial charge in [-0.05, 0) is 26.7 Å². The first kappa shape index (κ1) is 14.4. The van der Waals surface area contributed by atoms with E-state index in [-0.39, 0.29) is 12.5 Å². The first-order chi connectivity index (χ1) is 8.17. The summed E-state index contributed by atoms with van der Waals surface area (Å²) in [6, 6.07) is 0. The number of nitrogens with two attached hydrogens (primary N) is 1. The van der Waals surface area contributed by atoms with E-state index in [9.17, 15) is 4.79 Å². The van der Waals surface area contributed by atoms with Crippen LogP contribution in [0.2, 0.25) is 0 Å². The van der Waals surface area contributed by atoms with Crippen LogP contribution in [0.25, 0.3) is 0 Å². The lowest BCUT2D eigenvalue weighted by molar-refractivity contribution is -0.155. The van der Waals surface area contributed by atoms with Gasteiger partial charge in [0.15, 0.2) is 0 Å². The third-order valence-electron chi connectivity index (χ3n) is 3.28. The summed E-state index contributed by atoms with van der Waals surface area (Å²) in [5, 5.41) is 0. The van der Waals surface area contributed by atoms with Crippen LogP contribution in [0.3, 0.4) is 0 Å². The van der Waals surface area contributed by atoms with Gasteiger partial charge in [0, 0.05) is 26.2 Å². The number of likely N-dealkylation sites (N-methyl/N-ethyl adjacent to an activating group) is 1. The van der Waals surface area contributed by atoms with Crippen LogP contribution in [0.4, 0.5) is 0 Å². The maximum absolute atomic E-state index is 11.8. The lowest BCUT2D eigenvalue weighted by atomic mass is 9.96. The van der Waals surface area contributed by atoms with Gasteiger partial charge in [-0.2, -0.15) is 0 Å². The van der Waals surface area contributed by atoms with Gasteiger partial charge in [0.25, 0.3) is 0 Å². The van der Waals surface area contributed by atoms with E-state index in [1.54, 1.807) is 4.90 Å². The first-order valence-corrected chi connectivity index (χ1v) is 6.37. The number of rotatable bonds is 6. The quantitative estimate of drug-likeness (QED) is 0.733. The Hall–Kier alpha value is -0.650. The summed E-state index contributed by atoms with van der Waals surface area (Å²) in [7, 11) is 0. The molecule has 0 aromatic rings. The summed E-state index contributed by atoms with van der Waals surface area (Å²) < 4.78 is 11.1. The van der Waals surface area contributed by atoms with E-state index in [4.69, 9.17) is 15.2 Å². The highest BCUT2D eigenvalue weighted by Gasteiger charge is 2.33. The van der Waals surface area contributed by atoms with Crippen molar-refractivity contribution >= 4 is 5.91 Å². The highest BCUT2D eigenvalue weighted by molar-refractivity contribution is 5.77. The topological polar surface area (TPSA) is 64.8 Å². The SMILES string of the molecule is CCN(CC)C(=O)COC1(CN)CCCOC1. The molecular weight excluding hydrogens is 220 g/mol. The van der Waals surface area contributed by atoms with Crippen LogP contribution in [-0.4, -0.2) is 55.9 Å². The molecule has 1 aliphatic heterocycles. The van der Waals surface area contributed by atoms with Crippen molar-refractivity contribution in [3.05, 3.63) is 0 Å². The van der Waals surface area contributed by atoms with Gasteiger partial charge in [-0.25, -0.2) is 0 Å². The van der Waals surface area contributed by atoms with Gasteiger partial charge in [-0.15, -0.1) is 0 Å². The average molecular weight is 244 g/mol. The average Bonchev–Trinajstić information content (AvgIpc) is 2.39. The Morgan fingerprint density at radius 3 is 2.65 bits per heavy atom. The molecule has 0 spiro atoms. The van der Waals surface area contributed by atoms with Crippen molar-refractivity contribution in [2.24, 2.45) is 5.73 Å². The van der Waals surface area contributed by atoms with Crippen LogP contribution >= 0.6 is 0 Å². The van der Waals surface area contributed by atoms with E-state index in [0.717, 1.165) is 19.4 Å². The predicted octanol–water partition coefficient (Wildman–Crippen LogP) is 0.379. The highest BCUT2D eigenvalue weighted by atomic mass is 16.5. The van der Waals surface area contributed by atoms with Gasteiger partial charge in [0.05, 0.1) is 6.61 Å². The number of amides is 1. The smallest absolute Gasteiger partial charge is 0.248 e. The fourth-order valence-electron chi connectivity index (χ4n) is 2.04. The Kier molecular flexibility index (Phi) is 5.88. The Morgan fingerprint density at radius 1 is 1.47 bits per heavy atom. The van der Waals surface area contributed by atoms with Crippen LogP contribution in [0.15, 0.2) is 0 Å². The van der Waals surface area contributed by atoms with Crippen molar-refractivity contribution in [1.29, 1.82) is 0 Å². The van der Waals surface area contributed by atoms with Gasteiger partial charge in [0.2, 0.25) is 5.91 Å². The zero-order valence-corrected chi connectivity index (χ0v) is 10.9. The first-order valence-electron chi connectivity index (χ1n) is 6.37. The molecule has 0 aromatic heterocycles. The fraction of sp³-hybridized carbons (Fsp3) is 0.917. The number of carbonyl (C=O) groups is 1. The van der Waals surface area contributed by atoms with Crippen LogP contribution in [0.1, 0.15) is 26.7 Å². The largest absolute Gasteiger partial charge is 0.378 e. The third-order valence-corrected chi connectivity index (χ3v) is 3.28. The van der Waals surface area contributed by atoms with Crippen molar-refractivity contribution in [2.75, 3.05) is 39.5 Å². The summed E-state index contributed by atoms with van der Waals surface area (Å²) in [6.45, 7) is 7.11. The molecule has 0 aromatic carbocycles. The predicted molar refractivity (Wildman–Crippen MR) is 65.7 cm³/mol. The number of hydrogen-bond donors (Lipinski definition) is 1. The van der Waals surface area contributed by atoms with E-state index in [1.807, 2.05) is 13.8 Å². The van der Waals surface area contributed by atoms with Crippen LogP contribution in [0, 0.1) is 0 Å². The van der Waals surface area contributed by atoms with E-state index in [0.29, 0.717) is 26.2 Å². The van der Waals surface area contributed by atoms with Gasteiger partial charge in [-0.1, -0.05) is 0 Å². The van der Waals surface area contributed by atoms with Gasteiger partial charge in [0.1, 0.15) is 12.2 Å². The molecule has 1 atom stereocenters. The fourth-order valence-corrected chi connectivity index (χ4v) is 2.04. The Morgan fingerprint density at radius 2 is 2.18 bits per heavy atom. The highest BCUT2D eigenvalue weighted by Crippen LogP contribution is 2.22. The standard InChI is InChI=1S/C12H24N2O3/c1-3-14(4-2)11(15)8-17-12(9-13)6-5-7-16-10-12/h3-10,13H2,1-2H3. The van der Waals surface area contributed by atoms with E-state index in [2.05, 4.69) is 0 Å². The van der Waals surface area contributed by atoms with E-state index in [1.165, 1.54) is 0 Å². The summed E-state index contributed by atoms with van der Waals surface area (Å²) in [4.78, 5) is 13.6. The lowest BCUT2D eigenvalue weighted by Gasteiger charge is -2.36. The molecule has 5 nitrogen and oxygen atoms in total. The molecule has 17 heavy (non-hydrogen) atoms. The summed E-state index contributed by atoms with van der Waals surface area (Å²) in [5.74, 6) is 0.0217. The molecule has 1 amide bonds. The Labute approximate surface area is 103 Å². The number of ether oxygens (including phenoxy) is 2. The Balaban J connectivity index is 2.44. The van der Waals surface area contributed by atoms with Gasteiger partial charge >= 0.3 is 0 Å². The molecule has 0 bridgehead atoms. The van der Waals surface area contributed by atoms with Crippen molar-refractivity contribution in [3.8, 4) is 0 Å². The van der Waals surface area contributed by atoms with E-state index >= 15 is 0 Å². The normalized spacial score (nSPS) is 24.6. The molecule has 1 aliphatic rings. The number of nitrogens with zero attached hydrogens (tertiary/aromatic N) is 1. The van der Waals surface area contributed by atoms with Crippen LogP contribution in [0.5, 0.6) is 0 Å². The molecular formula is C12H24N2O3. The summed E-state index contributed by atoms with van der Waals surface area (Å²) in [5.41, 5.74) is 5.28. The molecule has 0 aliphatic carbocycles. The van der Waals surface area contributed by atoms with E-state index < -0.39 is 5.60 Å².